The molecule has 4 nitrogen and oxygen atoms in total. The largest absolute Gasteiger partial charge is 0.303 e. The summed E-state index contributed by atoms with van der Waals surface area (Å²) in [6, 6.07) is 6.77. The lowest BCUT2D eigenvalue weighted by molar-refractivity contribution is -0.120. The normalized spacial score (nSPS) is 9.31. The van der Waals surface area contributed by atoms with Gasteiger partial charge in [-0.15, -0.1) is 0 Å². The number of para-hydroxylation sites is 1. The number of nitrogens with one attached hydrogen (secondary N) is 1. The first-order valence-corrected chi connectivity index (χ1v) is 5.16. The summed E-state index contributed by atoms with van der Waals surface area (Å²) in [5, 5.41) is 6.91. The van der Waals surface area contributed by atoms with Gasteiger partial charge in [0.1, 0.15) is 0 Å². The van der Waals surface area contributed by atoms with E-state index in [1.54, 1.807) is 24.3 Å². The zero-order valence-corrected chi connectivity index (χ0v) is 9.90. The van der Waals surface area contributed by atoms with Gasteiger partial charge < -0.3 is 5.41 Å². The fraction of sp³-hybridized carbons (Fsp3) is 0. The first-order chi connectivity index (χ1) is 7.61. The second-order valence-corrected chi connectivity index (χ2v) is 3.67. The zero-order chi connectivity index (χ0) is 12.1. The van der Waals surface area contributed by atoms with Crippen molar-refractivity contribution in [2.45, 2.75) is 0 Å². The summed E-state index contributed by atoms with van der Waals surface area (Å²) < 4.78 is 0.598. The molecular weight excluding hydrogens is 272 g/mol. The van der Waals surface area contributed by atoms with E-state index in [-0.39, 0.29) is 0 Å². The number of benzene rings is 1. The lowest BCUT2D eigenvalue weighted by Gasteiger charge is -2.18. The van der Waals surface area contributed by atoms with Crippen molar-refractivity contribution in [1.29, 1.82) is 5.41 Å². The third kappa shape index (κ3) is 2.43. The summed E-state index contributed by atoms with van der Waals surface area (Å²) in [6.45, 7) is 3.32. The fourth-order valence-electron chi connectivity index (χ4n) is 1.13. The SMILES string of the molecule is C=CC(=O)N(C(=O)C=N)c1ccccc1Br. The van der Waals surface area contributed by atoms with Crippen molar-refractivity contribution in [3.05, 3.63) is 41.4 Å². The van der Waals surface area contributed by atoms with Crippen LogP contribution >= 0.6 is 15.9 Å². The van der Waals surface area contributed by atoms with Gasteiger partial charge in [-0.05, 0) is 34.1 Å². The predicted octanol–water partition coefficient (Wildman–Crippen LogP) is 2.14. The lowest BCUT2D eigenvalue weighted by atomic mass is 10.2. The number of hydrogen-bond acceptors (Lipinski definition) is 3. The van der Waals surface area contributed by atoms with E-state index in [2.05, 4.69) is 22.5 Å². The van der Waals surface area contributed by atoms with E-state index in [0.29, 0.717) is 16.4 Å². The molecule has 1 aromatic rings. The summed E-state index contributed by atoms with van der Waals surface area (Å²) in [5.74, 6) is -1.28. The number of imide groups is 1. The topological polar surface area (TPSA) is 61.2 Å². The number of halogens is 1. The van der Waals surface area contributed by atoms with Crippen molar-refractivity contribution >= 4 is 39.6 Å². The van der Waals surface area contributed by atoms with Crippen LogP contribution in [-0.2, 0) is 9.59 Å². The molecule has 1 rings (SSSR count). The molecule has 0 heterocycles. The molecule has 0 spiro atoms. The second-order valence-electron chi connectivity index (χ2n) is 2.81. The Hall–Kier alpha value is -1.75. The minimum absolute atomic E-state index is 0.390. The van der Waals surface area contributed by atoms with E-state index in [1.807, 2.05) is 0 Å². The third-order valence-electron chi connectivity index (χ3n) is 1.83. The molecule has 0 fully saturated rings. The van der Waals surface area contributed by atoms with Crippen molar-refractivity contribution in [3.8, 4) is 0 Å². The Morgan fingerprint density at radius 3 is 2.44 bits per heavy atom. The van der Waals surface area contributed by atoms with Crippen LogP contribution in [0.5, 0.6) is 0 Å². The highest BCUT2D eigenvalue weighted by atomic mass is 79.9. The molecule has 0 bridgehead atoms. The number of nitrogens with zero attached hydrogens (tertiary/aromatic N) is 1. The molecule has 5 heteroatoms. The average molecular weight is 281 g/mol. The van der Waals surface area contributed by atoms with Gasteiger partial charge >= 0.3 is 0 Å². The van der Waals surface area contributed by atoms with Gasteiger partial charge in [-0.25, -0.2) is 4.90 Å². The highest BCUT2D eigenvalue weighted by Crippen LogP contribution is 2.25. The van der Waals surface area contributed by atoms with Gasteiger partial charge in [0.05, 0.1) is 11.9 Å². The molecule has 0 atom stereocenters. The summed E-state index contributed by atoms with van der Waals surface area (Å²) in [6.07, 6.45) is 1.61. The van der Waals surface area contributed by atoms with Gasteiger partial charge in [0, 0.05) is 4.47 Å². The predicted molar refractivity (Wildman–Crippen MR) is 65.6 cm³/mol. The maximum Gasteiger partial charge on any atom is 0.275 e. The Labute approximate surface area is 101 Å². The van der Waals surface area contributed by atoms with Crippen LogP contribution in [0, 0.1) is 5.41 Å². The van der Waals surface area contributed by atoms with Gasteiger partial charge in [0.15, 0.2) is 0 Å². The molecule has 0 aliphatic carbocycles. The molecule has 0 aromatic heterocycles. The fourth-order valence-corrected chi connectivity index (χ4v) is 1.60. The second kappa shape index (κ2) is 5.37. The van der Waals surface area contributed by atoms with E-state index in [9.17, 15) is 9.59 Å². The van der Waals surface area contributed by atoms with Crippen molar-refractivity contribution in [1.82, 2.24) is 0 Å². The summed E-state index contributed by atoms with van der Waals surface area (Å²) >= 11 is 3.24. The van der Waals surface area contributed by atoms with E-state index in [1.165, 1.54) is 0 Å². The highest BCUT2D eigenvalue weighted by molar-refractivity contribution is 9.10. The van der Waals surface area contributed by atoms with Crippen LogP contribution < -0.4 is 4.90 Å². The number of hydrogen-bond donors (Lipinski definition) is 1. The Kier molecular flexibility index (Phi) is 4.13. The quantitative estimate of drug-likeness (QED) is 0.681. The first kappa shape index (κ1) is 12.3. The molecule has 0 aliphatic heterocycles. The van der Waals surface area contributed by atoms with Crippen molar-refractivity contribution in [2.75, 3.05) is 4.90 Å². The summed E-state index contributed by atoms with van der Waals surface area (Å²) in [7, 11) is 0. The van der Waals surface area contributed by atoms with E-state index in [0.717, 1.165) is 11.0 Å². The van der Waals surface area contributed by atoms with Crippen LogP contribution in [0.1, 0.15) is 0 Å². The van der Waals surface area contributed by atoms with Crippen LogP contribution in [0.3, 0.4) is 0 Å². The van der Waals surface area contributed by atoms with Gasteiger partial charge in [0.25, 0.3) is 11.8 Å². The third-order valence-corrected chi connectivity index (χ3v) is 2.50. The maximum absolute atomic E-state index is 11.5. The number of carbonyl (C=O) groups excluding carboxylic acids is 2. The molecule has 82 valence electrons. The number of amides is 2. The Morgan fingerprint density at radius 2 is 1.94 bits per heavy atom. The Balaban J connectivity index is 3.26. The maximum atomic E-state index is 11.5. The van der Waals surface area contributed by atoms with Crippen LogP contribution in [0.15, 0.2) is 41.4 Å². The van der Waals surface area contributed by atoms with Crippen molar-refractivity contribution < 1.29 is 9.59 Å². The lowest BCUT2D eigenvalue weighted by Crippen LogP contribution is -2.36. The Bertz CT molecular complexity index is 437. The van der Waals surface area contributed by atoms with Crippen molar-refractivity contribution in [2.24, 2.45) is 0 Å². The van der Waals surface area contributed by atoms with Gasteiger partial charge in [0.2, 0.25) is 0 Å². The number of carbonyl (C=O) groups is 2. The molecule has 1 N–H and O–H groups in total. The van der Waals surface area contributed by atoms with Crippen LogP contribution in [0.4, 0.5) is 5.69 Å². The monoisotopic (exact) mass is 280 g/mol. The first-order valence-electron chi connectivity index (χ1n) is 4.37. The molecule has 0 saturated heterocycles. The van der Waals surface area contributed by atoms with E-state index in [4.69, 9.17) is 5.41 Å². The van der Waals surface area contributed by atoms with Crippen LogP contribution in [0.2, 0.25) is 0 Å². The summed E-state index contributed by atoms with van der Waals surface area (Å²) in [4.78, 5) is 23.9. The minimum atomic E-state index is -0.711. The molecule has 0 aliphatic rings. The zero-order valence-electron chi connectivity index (χ0n) is 8.31. The van der Waals surface area contributed by atoms with Gasteiger partial charge in [-0.3, -0.25) is 9.59 Å². The van der Waals surface area contributed by atoms with Gasteiger partial charge in [-0.1, -0.05) is 18.7 Å². The smallest absolute Gasteiger partial charge is 0.275 e. The molecule has 1 aromatic carbocycles. The van der Waals surface area contributed by atoms with Crippen LogP contribution in [-0.4, -0.2) is 18.0 Å². The molecule has 2 amide bonds. The average Bonchev–Trinajstić information content (AvgIpc) is 2.31. The molecule has 0 radical (unpaired) electrons. The molecule has 0 saturated carbocycles. The molecule has 0 unspecified atom stereocenters. The van der Waals surface area contributed by atoms with Crippen LogP contribution in [0.25, 0.3) is 0 Å². The molecular formula is C11H9BrN2O2. The highest BCUT2D eigenvalue weighted by Gasteiger charge is 2.21. The summed E-state index contributed by atoms with van der Waals surface area (Å²) in [5.41, 5.74) is 0.390. The van der Waals surface area contributed by atoms with E-state index >= 15 is 0 Å². The van der Waals surface area contributed by atoms with Crippen molar-refractivity contribution in [3.63, 3.8) is 0 Å². The number of anilines is 1. The van der Waals surface area contributed by atoms with E-state index < -0.39 is 11.8 Å². The number of rotatable bonds is 3. The minimum Gasteiger partial charge on any atom is -0.303 e. The standard InChI is InChI=1S/C11H9BrN2O2/c1-2-10(15)14(11(16)7-13)9-6-4-3-5-8(9)12/h2-7,13H,1H2. The molecule has 16 heavy (non-hydrogen) atoms. The Morgan fingerprint density at radius 1 is 1.31 bits per heavy atom. The van der Waals surface area contributed by atoms with Gasteiger partial charge in [-0.2, -0.15) is 0 Å².